The Kier molecular flexibility index (Phi) is 4.51. The largest absolute Gasteiger partial charge is 0.441 e. The average molecular weight is 360 g/mol. The van der Waals surface area contributed by atoms with Crippen molar-refractivity contribution in [1.29, 1.82) is 0 Å². The van der Waals surface area contributed by atoms with Crippen LogP contribution < -0.4 is 10.0 Å². The van der Waals surface area contributed by atoms with Crippen molar-refractivity contribution in [3.8, 4) is 0 Å². The quantitative estimate of drug-likeness (QED) is 0.717. The summed E-state index contributed by atoms with van der Waals surface area (Å²) in [5.74, 6) is 0.221. The summed E-state index contributed by atoms with van der Waals surface area (Å²) in [7, 11) is -3.33. The summed E-state index contributed by atoms with van der Waals surface area (Å²) in [5.41, 5.74) is 2.70. The van der Waals surface area contributed by atoms with Gasteiger partial charge < -0.3 is 9.73 Å². The lowest BCUT2D eigenvalue weighted by Gasteiger charge is -2.07. The Morgan fingerprint density at radius 2 is 2.04 bits per heavy atom. The first kappa shape index (κ1) is 17.1. The number of carbonyl (C=O) groups is 1. The van der Waals surface area contributed by atoms with Crippen LogP contribution in [0.4, 0.5) is 5.69 Å². The highest BCUT2D eigenvalue weighted by Crippen LogP contribution is 2.20. The number of rotatable bonds is 5. The number of anilines is 1. The fourth-order valence-electron chi connectivity index (χ4n) is 2.24. The molecule has 3 aromatic rings. The summed E-state index contributed by atoms with van der Waals surface area (Å²) in [6.07, 6.45) is 2.52. The van der Waals surface area contributed by atoms with Crippen molar-refractivity contribution in [2.24, 2.45) is 0 Å². The number of pyridine rings is 1. The van der Waals surface area contributed by atoms with Gasteiger partial charge in [0, 0.05) is 24.4 Å². The van der Waals surface area contributed by atoms with Gasteiger partial charge in [-0.25, -0.2) is 18.1 Å². The average Bonchev–Trinajstić information content (AvgIpc) is 2.92. The number of nitrogens with zero attached hydrogens (tertiary/aromatic N) is 2. The van der Waals surface area contributed by atoms with Crippen molar-refractivity contribution in [3.63, 3.8) is 0 Å². The number of amides is 1. The van der Waals surface area contributed by atoms with Crippen LogP contribution in [0.3, 0.4) is 0 Å². The van der Waals surface area contributed by atoms with E-state index in [1.54, 1.807) is 31.2 Å². The van der Waals surface area contributed by atoms with E-state index in [-0.39, 0.29) is 12.5 Å². The molecule has 0 spiro atoms. The molecule has 3 rings (SSSR count). The molecule has 2 aromatic heterocycles. The molecule has 0 aliphatic rings. The fraction of sp³-hybridized carbons (Fsp3) is 0.188. The lowest BCUT2D eigenvalue weighted by Crippen LogP contribution is -2.22. The van der Waals surface area contributed by atoms with E-state index in [9.17, 15) is 13.2 Å². The molecule has 8 nitrogen and oxygen atoms in total. The van der Waals surface area contributed by atoms with Gasteiger partial charge in [0.2, 0.25) is 10.0 Å². The first-order chi connectivity index (χ1) is 11.8. The highest BCUT2D eigenvalue weighted by Gasteiger charge is 2.10. The standard InChI is InChI=1S/C16H16N4O4S/c1-10-19-14-8-12(3-4-15(14)24-10)20-16(21)11-5-6-17-13(7-11)9-18-25(2,22)23/h3-8,18H,9H2,1-2H3,(H,20,21). The van der Waals surface area contributed by atoms with Crippen LogP contribution in [0.1, 0.15) is 21.9 Å². The van der Waals surface area contributed by atoms with Crippen LogP contribution in [-0.4, -0.2) is 30.5 Å². The Balaban J connectivity index is 1.75. The third-order valence-corrected chi connectivity index (χ3v) is 4.02. The number of aryl methyl sites for hydroxylation is 1. The third-order valence-electron chi connectivity index (χ3n) is 3.35. The summed E-state index contributed by atoms with van der Waals surface area (Å²) in [6.45, 7) is 1.77. The second-order valence-electron chi connectivity index (χ2n) is 5.50. The van der Waals surface area contributed by atoms with E-state index in [1.165, 1.54) is 12.3 Å². The lowest BCUT2D eigenvalue weighted by atomic mass is 10.2. The van der Waals surface area contributed by atoms with Crippen LogP contribution in [0.5, 0.6) is 0 Å². The maximum Gasteiger partial charge on any atom is 0.255 e. The van der Waals surface area contributed by atoms with Gasteiger partial charge in [-0.1, -0.05) is 0 Å². The first-order valence-corrected chi connectivity index (χ1v) is 9.27. The molecule has 0 bridgehead atoms. The van der Waals surface area contributed by atoms with E-state index in [1.807, 2.05) is 0 Å². The van der Waals surface area contributed by atoms with E-state index < -0.39 is 10.0 Å². The molecule has 1 amide bonds. The van der Waals surface area contributed by atoms with Crippen LogP contribution in [0, 0.1) is 6.92 Å². The highest BCUT2D eigenvalue weighted by molar-refractivity contribution is 7.88. The summed E-state index contributed by atoms with van der Waals surface area (Å²) < 4.78 is 30.0. The van der Waals surface area contributed by atoms with Crippen molar-refractivity contribution in [3.05, 3.63) is 53.7 Å². The Bertz CT molecular complexity index is 1040. The molecule has 0 aliphatic heterocycles. The molecule has 25 heavy (non-hydrogen) atoms. The van der Waals surface area contributed by atoms with Crippen molar-refractivity contribution in [1.82, 2.24) is 14.7 Å². The van der Waals surface area contributed by atoms with E-state index in [0.29, 0.717) is 33.9 Å². The zero-order valence-electron chi connectivity index (χ0n) is 13.6. The number of carbonyl (C=O) groups excluding carboxylic acids is 1. The molecular formula is C16H16N4O4S. The second-order valence-corrected chi connectivity index (χ2v) is 7.33. The maximum atomic E-state index is 12.4. The SMILES string of the molecule is Cc1nc2cc(NC(=O)c3ccnc(CNS(C)(=O)=O)c3)ccc2o1. The van der Waals surface area contributed by atoms with Crippen LogP contribution in [0.25, 0.3) is 11.1 Å². The molecule has 0 saturated heterocycles. The normalized spacial score (nSPS) is 11.6. The van der Waals surface area contributed by atoms with Gasteiger partial charge in [-0.15, -0.1) is 0 Å². The molecule has 0 saturated carbocycles. The highest BCUT2D eigenvalue weighted by atomic mass is 32.2. The van der Waals surface area contributed by atoms with Gasteiger partial charge in [0.15, 0.2) is 11.5 Å². The smallest absolute Gasteiger partial charge is 0.255 e. The van der Waals surface area contributed by atoms with Crippen LogP contribution >= 0.6 is 0 Å². The van der Waals surface area contributed by atoms with Gasteiger partial charge in [-0.3, -0.25) is 9.78 Å². The van der Waals surface area contributed by atoms with E-state index >= 15 is 0 Å². The predicted octanol–water partition coefficient (Wildman–Crippen LogP) is 1.83. The second kappa shape index (κ2) is 6.61. The number of hydrogen-bond acceptors (Lipinski definition) is 6. The van der Waals surface area contributed by atoms with Gasteiger partial charge in [0.1, 0.15) is 5.52 Å². The zero-order chi connectivity index (χ0) is 18.0. The summed E-state index contributed by atoms with van der Waals surface area (Å²) in [5, 5.41) is 2.77. The maximum absolute atomic E-state index is 12.4. The molecule has 0 fully saturated rings. The fourth-order valence-corrected chi connectivity index (χ4v) is 2.65. The first-order valence-electron chi connectivity index (χ1n) is 7.38. The lowest BCUT2D eigenvalue weighted by molar-refractivity contribution is 0.102. The molecule has 1 aromatic carbocycles. The van der Waals surface area contributed by atoms with Crippen LogP contribution in [-0.2, 0) is 16.6 Å². The summed E-state index contributed by atoms with van der Waals surface area (Å²) in [4.78, 5) is 20.7. The minimum absolute atomic E-state index is 0.0180. The Hall–Kier alpha value is -2.78. The molecule has 0 unspecified atom stereocenters. The van der Waals surface area contributed by atoms with Crippen molar-refractivity contribution < 1.29 is 17.6 Å². The molecule has 9 heteroatoms. The monoisotopic (exact) mass is 360 g/mol. The molecule has 0 radical (unpaired) electrons. The van der Waals surface area contributed by atoms with Gasteiger partial charge in [0.05, 0.1) is 18.5 Å². The number of hydrogen-bond donors (Lipinski definition) is 2. The van der Waals surface area contributed by atoms with E-state index in [2.05, 4.69) is 20.0 Å². The number of aromatic nitrogens is 2. The molecule has 0 aliphatic carbocycles. The molecule has 2 N–H and O–H groups in total. The summed E-state index contributed by atoms with van der Waals surface area (Å²) in [6, 6.07) is 8.26. The van der Waals surface area contributed by atoms with Gasteiger partial charge in [-0.05, 0) is 30.3 Å². The summed E-state index contributed by atoms with van der Waals surface area (Å²) >= 11 is 0. The van der Waals surface area contributed by atoms with Crippen molar-refractivity contribution >= 4 is 32.7 Å². The molecule has 130 valence electrons. The predicted molar refractivity (Wildman–Crippen MR) is 92.6 cm³/mol. The van der Waals surface area contributed by atoms with E-state index in [0.717, 1.165) is 6.26 Å². The van der Waals surface area contributed by atoms with Crippen molar-refractivity contribution in [2.75, 3.05) is 11.6 Å². The molecule has 0 atom stereocenters. The Morgan fingerprint density at radius 3 is 2.80 bits per heavy atom. The van der Waals surface area contributed by atoms with Crippen molar-refractivity contribution in [2.45, 2.75) is 13.5 Å². The van der Waals surface area contributed by atoms with Gasteiger partial charge >= 0.3 is 0 Å². The zero-order valence-corrected chi connectivity index (χ0v) is 14.4. The minimum Gasteiger partial charge on any atom is -0.441 e. The van der Waals surface area contributed by atoms with Crippen LogP contribution in [0.15, 0.2) is 40.9 Å². The van der Waals surface area contributed by atoms with Crippen LogP contribution in [0.2, 0.25) is 0 Å². The van der Waals surface area contributed by atoms with Gasteiger partial charge in [0.25, 0.3) is 5.91 Å². The molecule has 2 heterocycles. The third kappa shape index (κ3) is 4.40. The number of fused-ring (bicyclic) bond motifs is 1. The number of benzene rings is 1. The number of nitrogens with one attached hydrogen (secondary N) is 2. The van der Waals surface area contributed by atoms with E-state index in [4.69, 9.17) is 4.42 Å². The van der Waals surface area contributed by atoms with Gasteiger partial charge in [-0.2, -0.15) is 0 Å². The Morgan fingerprint density at radius 1 is 1.24 bits per heavy atom. The minimum atomic E-state index is -3.33. The molecular weight excluding hydrogens is 344 g/mol. The topological polar surface area (TPSA) is 114 Å². The number of oxazole rings is 1. The Labute approximate surface area is 144 Å². The number of sulfonamides is 1.